The van der Waals surface area contributed by atoms with Crippen molar-refractivity contribution in [2.45, 2.75) is 12.8 Å². The van der Waals surface area contributed by atoms with Gasteiger partial charge in [0.2, 0.25) is 0 Å². The molecule has 112 valence electrons. The molecule has 1 fully saturated rings. The summed E-state index contributed by atoms with van der Waals surface area (Å²) in [4.78, 5) is 13.9. The summed E-state index contributed by atoms with van der Waals surface area (Å²) in [6, 6.07) is 2.03. The molecule has 1 unspecified atom stereocenters. The van der Waals surface area contributed by atoms with Crippen molar-refractivity contribution in [3.63, 3.8) is 0 Å². The summed E-state index contributed by atoms with van der Waals surface area (Å²) in [5.74, 6) is -1.57. The highest BCUT2D eigenvalue weighted by atomic mass is 127. The summed E-state index contributed by atoms with van der Waals surface area (Å²) < 4.78 is 27.1. The molecule has 0 radical (unpaired) electrons. The van der Waals surface area contributed by atoms with Gasteiger partial charge in [0.25, 0.3) is 5.91 Å². The lowest BCUT2D eigenvalue weighted by atomic mass is 9.97. The Labute approximate surface area is 136 Å². The predicted molar refractivity (Wildman–Crippen MR) is 84.0 cm³/mol. The summed E-state index contributed by atoms with van der Waals surface area (Å²) >= 11 is 1.75. The third kappa shape index (κ3) is 3.79. The smallest absolute Gasteiger partial charge is 0.256 e. The van der Waals surface area contributed by atoms with Gasteiger partial charge >= 0.3 is 0 Å². The summed E-state index contributed by atoms with van der Waals surface area (Å²) in [5, 5.41) is 0. The number of nitrogens with zero attached hydrogens (tertiary/aromatic N) is 1. The highest BCUT2D eigenvalue weighted by molar-refractivity contribution is 14.1. The maximum absolute atomic E-state index is 13.7. The Morgan fingerprint density at radius 3 is 2.75 bits per heavy atom. The van der Waals surface area contributed by atoms with E-state index in [0.29, 0.717) is 19.6 Å². The molecule has 2 rings (SSSR count). The Hall–Kier alpha value is -0.470. The van der Waals surface area contributed by atoms with E-state index in [1.807, 2.05) is 0 Å². The van der Waals surface area contributed by atoms with Crippen LogP contribution in [0.1, 0.15) is 23.2 Å². The minimum absolute atomic E-state index is 0. The van der Waals surface area contributed by atoms with Gasteiger partial charge in [0, 0.05) is 22.7 Å². The zero-order valence-corrected chi connectivity index (χ0v) is 13.7. The van der Waals surface area contributed by atoms with Crippen LogP contribution < -0.4 is 5.73 Å². The molecule has 1 saturated heterocycles. The lowest BCUT2D eigenvalue weighted by Crippen LogP contribution is -2.42. The molecule has 0 bridgehead atoms. The van der Waals surface area contributed by atoms with Crippen LogP contribution in [-0.2, 0) is 0 Å². The first-order valence-electron chi connectivity index (χ1n) is 6.16. The average Bonchev–Trinajstić information content (AvgIpc) is 2.42. The number of piperidine rings is 1. The molecular weight excluding hydrogens is 401 g/mol. The molecule has 0 spiro atoms. The number of amides is 1. The summed E-state index contributed by atoms with van der Waals surface area (Å²) in [6.45, 7) is 1.67. The minimum Gasteiger partial charge on any atom is -0.338 e. The van der Waals surface area contributed by atoms with Gasteiger partial charge < -0.3 is 10.6 Å². The van der Waals surface area contributed by atoms with Crippen molar-refractivity contribution < 1.29 is 13.6 Å². The largest absolute Gasteiger partial charge is 0.338 e. The molecule has 1 amide bonds. The Morgan fingerprint density at radius 1 is 1.40 bits per heavy atom. The van der Waals surface area contributed by atoms with Gasteiger partial charge in [-0.05, 0) is 54.0 Å². The number of likely N-dealkylation sites (tertiary alicyclic amines) is 1. The van der Waals surface area contributed by atoms with Crippen molar-refractivity contribution in [1.29, 1.82) is 0 Å². The number of rotatable bonds is 2. The fourth-order valence-electron chi connectivity index (χ4n) is 2.30. The molecule has 1 heterocycles. The fourth-order valence-corrected chi connectivity index (χ4v) is 2.77. The monoisotopic (exact) mass is 416 g/mol. The maximum Gasteiger partial charge on any atom is 0.256 e. The molecule has 1 aromatic rings. The summed E-state index contributed by atoms with van der Waals surface area (Å²) in [7, 11) is 0. The van der Waals surface area contributed by atoms with Crippen LogP contribution in [0.3, 0.4) is 0 Å². The van der Waals surface area contributed by atoms with E-state index in [2.05, 4.69) is 0 Å². The molecule has 0 aromatic heterocycles. The topological polar surface area (TPSA) is 46.3 Å². The second-order valence-electron chi connectivity index (χ2n) is 4.74. The van der Waals surface area contributed by atoms with Crippen LogP contribution in [-0.4, -0.2) is 30.4 Å². The first-order chi connectivity index (χ1) is 9.02. The average molecular weight is 417 g/mol. The molecule has 7 heteroatoms. The Bertz CT molecular complexity index is 502. The molecule has 1 atom stereocenters. The van der Waals surface area contributed by atoms with Gasteiger partial charge in [-0.1, -0.05) is 0 Å². The molecule has 20 heavy (non-hydrogen) atoms. The van der Waals surface area contributed by atoms with Crippen molar-refractivity contribution in [3.05, 3.63) is 32.9 Å². The SMILES string of the molecule is Cl.NCC1CCCN(C(=O)c2cc(I)c(F)cc2F)C1. The molecule has 1 aromatic carbocycles. The number of hydrogen-bond donors (Lipinski definition) is 1. The van der Waals surface area contributed by atoms with E-state index >= 15 is 0 Å². The summed E-state index contributed by atoms with van der Waals surface area (Å²) in [6.07, 6.45) is 1.86. The van der Waals surface area contributed by atoms with Crippen LogP contribution in [0.15, 0.2) is 12.1 Å². The standard InChI is InChI=1S/C13H15F2IN2O.ClH/c14-10-5-11(15)12(16)4-9(10)13(19)18-3-1-2-8(6-17)7-18;/h4-5,8H,1-3,6-7,17H2;1H. The van der Waals surface area contributed by atoms with Crippen molar-refractivity contribution >= 4 is 40.9 Å². The van der Waals surface area contributed by atoms with Crippen LogP contribution in [0.5, 0.6) is 0 Å². The molecular formula is C13H16ClF2IN2O. The quantitative estimate of drug-likeness (QED) is 0.595. The molecule has 2 N–H and O–H groups in total. The second kappa shape index (κ2) is 7.51. The Balaban J connectivity index is 0.00000200. The van der Waals surface area contributed by atoms with Gasteiger partial charge in [-0.2, -0.15) is 0 Å². The third-order valence-corrected chi connectivity index (χ3v) is 4.21. The van der Waals surface area contributed by atoms with Crippen molar-refractivity contribution in [3.8, 4) is 0 Å². The number of carbonyl (C=O) groups is 1. The van der Waals surface area contributed by atoms with E-state index < -0.39 is 11.6 Å². The van der Waals surface area contributed by atoms with Gasteiger partial charge in [0.1, 0.15) is 11.6 Å². The lowest BCUT2D eigenvalue weighted by molar-refractivity contribution is 0.0673. The molecule has 0 saturated carbocycles. The number of carbonyl (C=O) groups excluding carboxylic acids is 1. The second-order valence-corrected chi connectivity index (χ2v) is 5.90. The maximum atomic E-state index is 13.7. The minimum atomic E-state index is -0.808. The first-order valence-corrected chi connectivity index (χ1v) is 7.24. The van der Waals surface area contributed by atoms with E-state index in [4.69, 9.17) is 5.73 Å². The Morgan fingerprint density at radius 2 is 2.10 bits per heavy atom. The molecule has 3 nitrogen and oxygen atoms in total. The van der Waals surface area contributed by atoms with Gasteiger partial charge in [-0.25, -0.2) is 8.78 Å². The van der Waals surface area contributed by atoms with Gasteiger partial charge in [0.05, 0.1) is 5.56 Å². The van der Waals surface area contributed by atoms with Crippen LogP contribution >= 0.6 is 35.0 Å². The van der Waals surface area contributed by atoms with E-state index in [1.54, 1.807) is 27.5 Å². The van der Waals surface area contributed by atoms with Crippen molar-refractivity contribution in [2.75, 3.05) is 19.6 Å². The van der Waals surface area contributed by atoms with Crippen LogP contribution in [0.4, 0.5) is 8.78 Å². The zero-order chi connectivity index (χ0) is 14.0. The van der Waals surface area contributed by atoms with E-state index in [9.17, 15) is 13.6 Å². The number of nitrogens with two attached hydrogens (primary N) is 1. The highest BCUT2D eigenvalue weighted by Gasteiger charge is 2.26. The highest BCUT2D eigenvalue weighted by Crippen LogP contribution is 2.21. The number of hydrogen-bond acceptors (Lipinski definition) is 2. The van der Waals surface area contributed by atoms with Gasteiger partial charge in [0.15, 0.2) is 0 Å². The van der Waals surface area contributed by atoms with Crippen molar-refractivity contribution in [1.82, 2.24) is 4.90 Å². The van der Waals surface area contributed by atoms with Gasteiger partial charge in [-0.15, -0.1) is 12.4 Å². The molecule has 1 aliphatic heterocycles. The normalized spacial score (nSPS) is 18.6. The Kier molecular flexibility index (Phi) is 6.60. The van der Waals surface area contributed by atoms with Crippen LogP contribution in [0, 0.1) is 21.1 Å². The van der Waals surface area contributed by atoms with E-state index in [-0.39, 0.29) is 33.4 Å². The molecule has 0 aliphatic carbocycles. The fraction of sp³-hybridized carbons (Fsp3) is 0.462. The van der Waals surface area contributed by atoms with Crippen LogP contribution in [0.2, 0.25) is 0 Å². The zero-order valence-electron chi connectivity index (χ0n) is 10.7. The third-order valence-electron chi connectivity index (χ3n) is 3.38. The number of halogens is 4. The van der Waals surface area contributed by atoms with Gasteiger partial charge in [-0.3, -0.25) is 4.79 Å². The lowest BCUT2D eigenvalue weighted by Gasteiger charge is -2.32. The van der Waals surface area contributed by atoms with E-state index in [0.717, 1.165) is 18.9 Å². The number of benzene rings is 1. The predicted octanol–water partition coefficient (Wildman–Crippen LogP) is 2.80. The van der Waals surface area contributed by atoms with E-state index in [1.165, 1.54) is 6.07 Å². The molecule has 1 aliphatic rings. The van der Waals surface area contributed by atoms with Crippen LogP contribution in [0.25, 0.3) is 0 Å². The first kappa shape index (κ1) is 17.6. The summed E-state index contributed by atoms with van der Waals surface area (Å²) in [5.41, 5.74) is 5.55. The van der Waals surface area contributed by atoms with Crippen molar-refractivity contribution in [2.24, 2.45) is 11.7 Å².